The zero-order valence-electron chi connectivity index (χ0n) is 4.50. The molecule has 1 unspecified atom stereocenters. The number of hydrogen-bond donors (Lipinski definition) is 0. The molecule has 0 N–H and O–H groups in total. The van der Waals surface area contributed by atoms with Crippen molar-refractivity contribution in [1.82, 2.24) is 9.80 Å². The topological polar surface area (TPSA) is 23.6 Å². The first-order valence-corrected chi connectivity index (χ1v) is 2.75. The second-order valence-electron chi connectivity index (χ2n) is 2.17. The van der Waals surface area contributed by atoms with E-state index < -0.39 is 0 Å². The van der Waals surface area contributed by atoms with Crippen LogP contribution in [0.25, 0.3) is 0 Å². The van der Waals surface area contributed by atoms with E-state index in [9.17, 15) is 4.79 Å². The quantitative estimate of drug-likeness (QED) is 0.411. The van der Waals surface area contributed by atoms with Gasteiger partial charge in [0.25, 0.3) is 0 Å². The molecule has 2 bridgehead atoms. The van der Waals surface area contributed by atoms with E-state index in [1.54, 1.807) is 4.90 Å². The molecule has 8 heavy (non-hydrogen) atoms. The van der Waals surface area contributed by atoms with E-state index in [4.69, 9.17) is 0 Å². The smallest absolute Gasteiger partial charge is 0.238 e. The number of piperazine rings is 1. The molecule has 2 heterocycles. The summed E-state index contributed by atoms with van der Waals surface area (Å²) in [4.78, 5) is 14.5. The second-order valence-corrected chi connectivity index (χ2v) is 2.17. The first kappa shape index (κ1) is 4.32. The van der Waals surface area contributed by atoms with Crippen LogP contribution in [-0.2, 0) is 4.79 Å². The number of fused-ring (bicyclic) bond motifs is 2. The zero-order valence-corrected chi connectivity index (χ0v) is 4.50. The van der Waals surface area contributed by atoms with E-state index >= 15 is 0 Å². The highest BCUT2D eigenvalue weighted by Crippen LogP contribution is 2.16. The monoisotopic (exact) mass is 111 g/mol. The van der Waals surface area contributed by atoms with Crippen molar-refractivity contribution >= 4 is 5.91 Å². The van der Waals surface area contributed by atoms with Gasteiger partial charge in [0.15, 0.2) is 0 Å². The second kappa shape index (κ2) is 1.23. The minimum Gasteiger partial charge on any atom is -0.321 e. The molecule has 2 saturated heterocycles. The molecule has 2 aliphatic rings. The molecule has 3 nitrogen and oxygen atoms in total. The van der Waals surface area contributed by atoms with Gasteiger partial charge in [-0.25, -0.2) is 0 Å². The predicted molar refractivity (Wildman–Crippen MR) is 27.6 cm³/mol. The van der Waals surface area contributed by atoms with Gasteiger partial charge < -0.3 is 4.90 Å². The molecule has 2 aliphatic heterocycles. The molecular formula is C5H7N2O. The molecule has 0 saturated carbocycles. The van der Waals surface area contributed by atoms with Gasteiger partial charge in [-0.1, -0.05) is 0 Å². The Hall–Kier alpha value is -0.570. The number of rotatable bonds is 0. The van der Waals surface area contributed by atoms with Crippen molar-refractivity contribution in [3.63, 3.8) is 0 Å². The van der Waals surface area contributed by atoms with Crippen LogP contribution >= 0.6 is 0 Å². The number of carbonyl (C=O) groups excluding carboxylic acids is 1. The Bertz CT molecular complexity index is 134. The van der Waals surface area contributed by atoms with Gasteiger partial charge in [0.1, 0.15) is 6.67 Å². The van der Waals surface area contributed by atoms with Crippen LogP contribution in [0.5, 0.6) is 0 Å². The van der Waals surface area contributed by atoms with Gasteiger partial charge in [0.05, 0.1) is 6.54 Å². The van der Waals surface area contributed by atoms with E-state index in [1.165, 1.54) is 0 Å². The molecule has 1 radical (unpaired) electrons. The molecule has 0 aromatic rings. The van der Waals surface area contributed by atoms with Crippen molar-refractivity contribution in [3.8, 4) is 0 Å². The molecule has 1 amide bonds. The summed E-state index contributed by atoms with van der Waals surface area (Å²) in [6, 6.07) is 0. The summed E-state index contributed by atoms with van der Waals surface area (Å²) in [7, 11) is 0. The van der Waals surface area contributed by atoms with Gasteiger partial charge in [-0.05, 0) is 0 Å². The maximum Gasteiger partial charge on any atom is 0.238 e. The third-order valence-electron chi connectivity index (χ3n) is 1.59. The van der Waals surface area contributed by atoms with E-state index in [2.05, 4.69) is 0 Å². The zero-order chi connectivity index (χ0) is 5.56. The summed E-state index contributed by atoms with van der Waals surface area (Å²) < 4.78 is 0. The lowest BCUT2D eigenvalue weighted by Crippen LogP contribution is -2.30. The van der Waals surface area contributed by atoms with Gasteiger partial charge in [0.2, 0.25) is 5.91 Å². The lowest BCUT2D eigenvalue weighted by molar-refractivity contribution is -0.126. The molecule has 0 spiro atoms. The molecule has 0 aromatic heterocycles. The molecule has 1 atom stereocenters. The molecular weight excluding hydrogens is 104 g/mol. The van der Waals surface area contributed by atoms with E-state index in [1.807, 2.05) is 11.6 Å². The Morgan fingerprint density at radius 2 is 2.38 bits per heavy atom. The average Bonchev–Trinajstić information content (AvgIpc) is 2.23. The number of amides is 1. The molecule has 0 aromatic carbocycles. The fourth-order valence-corrected chi connectivity index (χ4v) is 1.12. The number of nitrogens with zero attached hydrogens (tertiary/aromatic N) is 2. The molecule has 2 fully saturated rings. The third-order valence-corrected chi connectivity index (χ3v) is 1.59. The third kappa shape index (κ3) is 0.395. The Morgan fingerprint density at radius 1 is 1.50 bits per heavy atom. The van der Waals surface area contributed by atoms with Gasteiger partial charge >= 0.3 is 0 Å². The number of carbonyl (C=O) groups is 1. The average molecular weight is 111 g/mol. The highest BCUT2D eigenvalue weighted by molar-refractivity contribution is 5.82. The summed E-state index contributed by atoms with van der Waals surface area (Å²) in [6.45, 7) is 4.44. The summed E-state index contributed by atoms with van der Waals surface area (Å²) in [5, 5.41) is 0. The first-order chi connectivity index (χ1) is 3.86. The van der Waals surface area contributed by atoms with E-state index in [0.29, 0.717) is 6.54 Å². The minimum absolute atomic E-state index is 0.247. The van der Waals surface area contributed by atoms with E-state index in [-0.39, 0.29) is 5.91 Å². The predicted octanol–water partition coefficient (Wildman–Crippen LogP) is -0.737. The summed E-state index contributed by atoms with van der Waals surface area (Å²) in [5.74, 6) is 0.247. The van der Waals surface area contributed by atoms with Crippen LogP contribution in [0.15, 0.2) is 0 Å². The fourth-order valence-electron chi connectivity index (χ4n) is 1.12. The molecule has 0 aliphatic carbocycles. The summed E-state index contributed by atoms with van der Waals surface area (Å²) in [6.07, 6.45) is 0. The molecule has 43 valence electrons. The fraction of sp³-hybridized carbons (Fsp3) is 0.600. The maximum atomic E-state index is 10.7. The van der Waals surface area contributed by atoms with Crippen LogP contribution in [-0.4, -0.2) is 35.3 Å². The first-order valence-electron chi connectivity index (χ1n) is 2.75. The summed E-state index contributed by atoms with van der Waals surface area (Å²) >= 11 is 0. The van der Waals surface area contributed by atoms with Gasteiger partial charge in [-0.2, -0.15) is 0 Å². The van der Waals surface area contributed by atoms with Crippen LogP contribution in [0.2, 0.25) is 0 Å². The Kier molecular flexibility index (Phi) is 0.663. The Balaban J connectivity index is 2.22. The highest BCUT2D eigenvalue weighted by Gasteiger charge is 2.33. The molecule has 2 rings (SSSR count). The van der Waals surface area contributed by atoms with Crippen molar-refractivity contribution in [2.24, 2.45) is 0 Å². The van der Waals surface area contributed by atoms with E-state index in [0.717, 1.165) is 13.1 Å². The molecule has 3 heteroatoms. The normalized spacial score (nSPS) is 34.8. The van der Waals surface area contributed by atoms with Gasteiger partial charge in [-0.3, -0.25) is 9.69 Å². The van der Waals surface area contributed by atoms with Gasteiger partial charge in [-0.15, -0.1) is 0 Å². The van der Waals surface area contributed by atoms with Crippen molar-refractivity contribution in [2.45, 2.75) is 0 Å². The maximum absolute atomic E-state index is 10.7. The highest BCUT2D eigenvalue weighted by atomic mass is 16.2. The minimum atomic E-state index is 0.247. The lowest BCUT2D eigenvalue weighted by Gasteiger charge is -2.09. The van der Waals surface area contributed by atoms with Crippen LogP contribution < -0.4 is 0 Å². The van der Waals surface area contributed by atoms with Crippen LogP contribution in [0.1, 0.15) is 0 Å². The summed E-state index contributed by atoms with van der Waals surface area (Å²) in [5.41, 5.74) is 0. The van der Waals surface area contributed by atoms with Crippen LogP contribution in [0, 0.1) is 6.67 Å². The van der Waals surface area contributed by atoms with Crippen molar-refractivity contribution < 1.29 is 4.79 Å². The SMILES string of the molecule is O=C1CN2[CH]N1CC2. The van der Waals surface area contributed by atoms with Gasteiger partial charge in [0, 0.05) is 13.1 Å². The Morgan fingerprint density at radius 3 is 2.62 bits per heavy atom. The van der Waals surface area contributed by atoms with Crippen molar-refractivity contribution in [1.29, 1.82) is 0 Å². The van der Waals surface area contributed by atoms with Crippen LogP contribution in [0.4, 0.5) is 0 Å². The Labute approximate surface area is 47.9 Å². The van der Waals surface area contributed by atoms with Crippen LogP contribution in [0.3, 0.4) is 0 Å². The standard InChI is InChI=1S/C5H7N2O/c8-5-3-6-1-2-7(5)4-6/h4H,1-3H2. The number of hydrogen-bond acceptors (Lipinski definition) is 2. The lowest BCUT2D eigenvalue weighted by atomic mass is 10.4. The van der Waals surface area contributed by atoms with Crippen molar-refractivity contribution in [2.75, 3.05) is 19.6 Å². The largest absolute Gasteiger partial charge is 0.321 e. The van der Waals surface area contributed by atoms with Crippen molar-refractivity contribution in [3.05, 3.63) is 6.67 Å².